The van der Waals surface area contributed by atoms with Crippen LogP contribution in [0.1, 0.15) is 39.3 Å². The van der Waals surface area contributed by atoms with Gasteiger partial charge in [0, 0.05) is 24.7 Å². The Morgan fingerprint density at radius 3 is 2.45 bits per heavy atom. The number of hydrogen-bond donors (Lipinski definition) is 1. The van der Waals surface area contributed by atoms with Gasteiger partial charge in [-0.2, -0.15) is 0 Å². The predicted molar refractivity (Wildman–Crippen MR) is 86.4 cm³/mol. The van der Waals surface area contributed by atoms with Gasteiger partial charge in [0.05, 0.1) is 6.61 Å². The molecule has 1 atom stereocenters. The van der Waals surface area contributed by atoms with Crippen molar-refractivity contribution in [3.8, 4) is 5.75 Å². The number of ether oxygens (including phenoxy) is 1. The van der Waals surface area contributed by atoms with Crippen molar-refractivity contribution >= 4 is 0 Å². The van der Waals surface area contributed by atoms with E-state index in [1.807, 2.05) is 13.0 Å². The van der Waals surface area contributed by atoms with Crippen molar-refractivity contribution in [1.82, 2.24) is 10.2 Å². The summed E-state index contributed by atoms with van der Waals surface area (Å²) in [5.41, 5.74) is 1.26. The van der Waals surface area contributed by atoms with Crippen LogP contribution < -0.4 is 10.1 Å². The van der Waals surface area contributed by atoms with E-state index in [9.17, 15) is 0 Å². The van der Waals surface area contributed by atoms with Crippen molar-refractivity contribution < 1.29 is 4.74 Å². The fourth-order valence-corrected chi connectivity index (χ4v) is 2.58. The van der Waals surface area contributed by atoms with E-state index in [2.05, 4.69) is 56.2 Å². The average Bonchev–Trinajstić information content (AvgIpc) is 2.38. The Kier molecular flexibility index (Phi) is 7.63. The lowest BCUT2D eigenvalue weighted by Gasteiger charge is -2.27. The molecule has 0 amide bonds. The summed E-state index contributed by atoms with van der Waals surface area (Å²) in [6.45, 7) is 12.5. The van der Waals surface area contributed by atoms with E-state index in [-0.39, 0.29) is 0 Å². The summed E-state index contributed by atoms with van der Waals surface area (Å²) < 4.78 is 5.77. The Morgan fingerprint density at radius 1 is 1.15 bits per heavy atom. The lowest BCUT2D eigenvalue weighted by Crippen LogP contribution is -2.35. The zero-order chi connectivity index (χ0) is 15.0. The van der Waals surface area contributed by atoms with Gasteiger partial charge < -0.3 is 15.0 Å². The molecule has 0 aliphatic rings. The first-order valence-electron chi connectivity index (χ1n) is 7.72. The molecule has 0 spiro atoms. The van der Waals surface area contributed by atoms with Crippen LogP contribution in [0.3, 0.4) is 0 Å². The van der Waals surface area contributed by atoms with E-state index >= 15 is 0 Å². The molecule has 1 aromatic rings. The third kappa shape index (κ3) is 5.51. The van der Waals surface area contributed by atoms with Crippen molar-refractivity contribution in [2.75, 3.05) is 33.3 Å². The van der Waals surface area contributed by atoms with E-state index < -0.39 is 0 Å². The molecule has 0 aliphatic heterocycles. The van der Waals surface area contributed by atoms with Gasteiger partial charge in [-0.1, -0.05) is 39.0 Å². The Bertz CT molecular complexity index is 379. The summed E-state index contributed by atoms with van der Waals surface area (Å²) in [5.74, 6) is 1.68. The molecule has 0 saturated carbocycles. The third-order valence-electron chi connectivity index (χ3n) is 3.22. The molecule has 0 aromatic heterocycles. The van der Waals surface area contributed by atoms with E-state index in [1.165, 1.54) is 5.56 Å². The summed E-state index contributed by atoms with van der Waals surface area (Å²) in [4.78, 5) is 2.39. The number of likely N-dealkylation sites (N-methyl/N-ethyl adjacent to an activating group) is 2. The number of hydrogen-bond acceptors (Lipinski definition) is 3. The second-order valence-electron chi connectivity index (χ2n) is 5.70. The maximum absolute atomic E-state index is 5.77. The van der Waals surface area contributed by atoms with Crippen molar-refractivity contribution in [3.63, 3.8) is 0 Å². The largest absolute Gasteiger partial charge is 0.494 e. The van der Waals surface area contributed by atoms with E-state index in [1.54, 1.807) is 0 Å². The van der Waals surface area contributed by atoms with Gasteiger partial charge in [-0.15, -0.1) is 0 Å². The fraction of sp³-hybridized carbons (Fsp3) is 0.647. The molecular formula is C17H30N2O. The highest BCUT2D eigenvalue weighted by Crippen LogP contribution is 2.25. The van der Waals surface area contributed by atoms with Gasteiger partial charge in [-0.25, -0.2) is 0 Å². The Hall–Kier alpha value is -1.06. The van der Waals surface area contributed by atoms with Crippen molar-refractivity contribution in [1.29, 1.82) is 0 Å². The zero-order valence-corrected chi connectivity index (χ0v) is 13.6. The monoisotopic (exact) mass is 278 g/mol. The molecule has 0 fully saturated rings. The average molecular weight is 278 g/mol. The number of benzene rings is 1. The van der Waals surface area contributed by atoms with Crippen LogP contribution in [0.2, 0.25) is 0 Å². The lowest BCUT2D eigenvalue weighted by molar-refractivity contribution is 0.258. The van der Waals surface area contributed by atoms with Gasteiger partial charge in [-0.05, 0) is 32.5 Å². The highest BCUT2D eigenvalue weighted by Gasteiger charge is 2.17. The number of para-hydroxylation sites is 1. The quantitative estimate of drug-likeness (QED) is 0.750. The van der Waals surface area contributed by atoms with Crippen molar-refractivity contribution in [2.24, 2.45) is 5.92 Å². The minimum Gasteiger partial charge on any atom is -0.494 e. The molecule has 0 aliphatic carbocycles. The fourth-order valence-electron chi connectivity index (χ4n) is 2.58. The molecule has 1 rings (SSSR count). The Labute approximate surface area is 124 Å². The molecule has 1 aromatic carbocycles. The van der Waals surface area contributed by atoms with Gasteiger partial charge in [0.1, 0.15) is 5.75 Å². The van der Waals surface area contributed by atoms with E-state index in [0.717, 1.165) is 25.4 Å². The molecule has 114 valence electrons. The predicted octanol–water partition coefficient (Wildman–Crippen LogP) is 3.32. The molecule has 0 heterocycles. The van der Waals surface area contributed by atoms with Crippen LogP contribution in [0.15, 0.2) is 24.3 Å². The summed E-state index contributed by atoms with van der Waals surface area (Å²) in [6.07, 6.45) is 0. The van der Waals surface area contributed by atoms with Crippen molar-refractivity contribution in [2.45, 2.75) is 33.7 Å². The van der Waals surface area contributed by atoms with Crippen LogP contribution in [0, 0.1) is 5.92 Å². The molecule has 3 heteroatoms. The summed E-state index contributed by atoms with van der Waals surface area (Å²) in [6, 6.07) is 8.67. The second kappa shape index (κ2) is 8.98. The van der Waals surface area contributed by atoms with Crippen LogP contribution in [-0.2, 0) is 0 Å². The molecule has 0 saturated heterocycles. The first-order chi connectivity index (χ1) is 9.58. The summed E-state index contributed by atoms with van der Waals surface area (Å²) in [5, 5.41) is 3.58. The zero-order valence-electron chi connectivity index (χ0n) is 13.6. The standard InChI is InChI=1S/C17H30N2O/c1-6-18-16(13-19(5)12-14(3)4)15-10-8-9-11-17(15)20-7-2/h8-11,14,16,18H,6-7,12-13H2,1-5H3. The summed E-state index contributed by atoms with van der Waals surface area (Å²) >= 11 is 0. The first-order valence-corrected chi connectivity index (χ1v) is 7.72. The van der Waals surface area contributed by atoms with Crippen LogP contribution in [0.5, 0.6) is 5.75 Å². The van der Waals surface area contributed by atoms with Gasteiger partial charge in [0.2, 0.25) is 0 Å². The Balaban J connectivity index is 2.84. The van der Waals surface area contributed by atoms with Gasteiger partial charge in [-0.3, -0.25) is 0 Å². The molecule has 0 bridgehead atoms. The molecule has 3 nitrogen and oxygen atoms in total. The van der Waals surface area contributed by atoms with Crippen LogP contribution in [0.25, 0.3) is 0 Å². The smallest absolute Gasteiger partial charge is 0.124 e. The van der Waals surface area contributed by atoms with Gasteiger partial charge in [0.15, 0.2) is 0 Å². The van der Waals surface area contributed by atoms with Gasteiger partial charge in [0.25, 0.3) is 0 Å². The number of nitrogens with one attached hydrogen (secondary N) is 1. The van der Waals surface area contributed by atoms with Crippen LogP contribution >= 0.6 is 0 Å². The minimum absolute atomic E-state index is 0.312. The van der Waals surface area contributed by atoms with Crippen molar-refractivity contribution in [3.05, 3.63) is 29.8 Å². The molecular weight excluding hydrogens is 248 g/mol. The molecule has 1 N–H and O–H groups in total. The van der Waals surface area contributed by atoms with E-state index in [4.69, 9.17) is 4.74 Å². The summed E-state index contributed by atoms with van der Waals surface area (Å²) in [7, 11) is 2.19. The SMILES string of the molecule is CCNC(CN(C)CC(C)C)c1ccccc1OCC. The molecule has 20 heavy (non-hydrogen) atoms. The highest BCUT2D eigenvalue weighted by molar-refractivity contribution is 5.36. The number of rotatable bonds is 9. The second-order valence-corrected chi connectivity index (χ2v) is 5.70. The van der Waals surface area contributed by atoms with E-state index in [0.29, 0.717) is 18.6 Å². The van der Waals surface area contributed by atoms with Crippen LogP contribution in [-0.4, -0.2) is 38.2 Å². The maximum Gasteiger partial charge on any atom is 0.124 e. The highest BCUT2D eigenvalue weighted by atomic mass is 16.5. The Morgan fingerprint density at radius 2 is 1.85 bits per heavy atom. The third-order valence-corrected chi connectivity index (χ3v) is 3.22. The minimum atomic E-state index is 0.312. The number of nitrogens with zero attached hydrogens (tertiary/aromatic N) is 1. The molecule has 0 radical (unpaired) electrons. The first kappa shape index (κ1) is 17.0. The topological polar surface area (TPSA) is 24.5 Å². The lowest BCUT2D eigenvalue weighted by atomic mass is 10.0. The normalized spacial score (nSPS) is 12.9. The molecule has 1 unspecified atom stereocenters. The van der Waals surface area contributed by atoms with Crippen LogP contribution in [0.4, 0.5) is 0 Å². The maximum atomic E-state index is 5.77. The van der Waals surface area contributed by atoms with Gasteiger partial charge >= 0.3 is 0 Å².